The monoisotopic (exact) mass is 580 g/mol. The van der Waals surface area contributed by atoms with Gasteiger partial charge >= 0.3 is 0 Å². The molecule has 1 aliphatic carbocycles. The molecule has 0 spiro atoms. The number of hydrogen-bond donors (Lipinski definition) is 0. The summed E-state index contributed by atoms with van der Waals surface area (Å²) < 4.78 is 50.7. The Morgan fingerprint density at radius 1 is 0.683 bits per heavy atom. The van der Waals surface area contributed by atoms with Gasteiger partial charge in [0.2, 0.25) is 11.6 Å². The molecule has 236 valence electrons. The van der Waals surface area contributed by atoms with Crippen molar-refractivity contribution in [1.82, 2.24) is 0 Å². The van der Waals surface area contributed by atoms with Crippen LogP contribution in [0.2, 0.25) is 0 Å². The van der Waals surface area contributed by atoms with Gasteiger partial charge in [0.25, 0.3) is 0 Å². The van der Waals surface area contributed by atoms with E-state index >= 15 is 0 Å². The molecular weight excluding hydrogens is 522 g/mol. The zero-order valence-corrected chi connectivity index (χ0v) is 26.3. The molecule has 0 radical (unpaired) electrons. The normalized spacial score (nSPS) is 26.6. The first kappa shape index (κ1) is 34.1. The third-order valence-corrected chi connectivity index (χ3v) is 9.28. The van der Waals surface area contributed by atoms with Crippen molar-refractivity contribution in [2.75, 3.05) is 26.4 Å². The van der Waals surface area contributed by atoms with Gasteiger partial charge in [-0.25, -0.2) is 0 Å². The van der Waals surface area contributed by atoms with Crippen LogP contribution in [-0.4, -0.2) is 38.6 Å². The lowest BCUT2D eigenvalue weighted by Gasteiger charge is -2.37. The number of ether oxygens (including phenoxy) is 4. The van der Waals surface area contributed by atoms with E-state index in [1.54, 1.807) is 6.92 Å². The third kappa shape index (κ3) is 12.0. The van der Waals surface area contributed by atoms with Gasteiger partial charge in [0, 0.05) is 6.61 Å². The zero-order valence-electron chi connectivity index (χ0n) is 26.3. The molecular formula is C35H58F2O4. The summed E-state index contributed by atoms with van der Waals surface area (Å²) in [6.45, 7) is 8.90. The average Bonchev–Trinajstić information content (AvgIpc) is 3.01. The highest BCUT2D eigenvalue weighted by Crippen LogP contribution is 2.38. The number of benzene rings is 1. The molecule has 6 heteroatoms. The molecule has 41 heavy (non-hydrogen) atoms. The summed E-state index contributed by atoms with van der Waals surface area (Å²) in [6.07, 6.45) is 22.5. The Balaban J connectivity index is 0.000000352. The quantitative estimate of drug-likeness (QED) is 0.205. The zero-order chi connectivity index (χ0) is 29.3. The molecule has 0 aromatic heterocycles. The fraction of sp³-hybridized carbons (Fsp3) is 0.829. The highest BCUT2D eigenvalue weighted by molar-refractivity contribution is 5.35. The van der Waals surface area contributed by atoms with E-state index in [1.807, 2.05) is 0 Å². The van der Waals surface area contributed by atoms with Crippen LogP contribution in [0.1, 0.15) is 130 Å². The largest absolute Gasteiger partial charge is 0.491 e. The summed E-state index contributed by atoms with van der Waals surface area (Å²) >= 11 is 0. The lowest BCUT2D eigenvalue weighted by Crippen LogP contribution is -2.33. The molecule has 3 fully saturated rings. The van der Waals surface area contributed by atoms with Crippen molar-refractivity contribution in [3.63, 3.8) is 0 Å². The Morgan fingerprint density at radius 2 is 1.29 bits per heavy atom. The summed E-state index contributed by atoms with van der Waals surface area (Å²) in [5.74, 6) is -0.185. The molecule has 3 unspecified atom stereocenters. The van der Waals surface area contributed by atoms with Crippen molar-refractivity contribution in [2.24, 2.45) is 17.8 Å². The van der Waals surface area contributed by atoms with Crippen molar-refractivity contribution in [1.29, 1.82) is 0 Å². The van der Waals surface area contributed by atoms with Crippen LogP contribution in [0.4, 0.5) is 8.78 Å². The predicted molar refractivity (Wildman–Crippen MR) is 163 cm³/mol. The first-order valence-corrected chi connectivity index (χ1v) is 17.0. The van der Waals surface area contributed by atoms with E-state index < -0.39 is 11.6 Å². The van der Waals surface area contributed by atoms with Crippen LogP contribution in [0.5, 0.6) is 11.5 Å². The van der Waals surface area contributed by atoms with E-state index in [-0.39, 0.29) is 11.5 Å². The smallest absolute Gasteiger partial charge is 0.204 e. The molecule has 1 aromatic rings. The molecule has 2 heterocycles. The SMILES string of the molecule is CCCCCC1CCC(C2CCC(COc3ccc(OCC)c(F)c3F)CC2)CO1.CCCCCC1CCCCO1. The number of halogens is 2. The van der Waals surface area contributed by atoms with Crippen LogP contribution in [0, 0.1) is 29.4 Å². The second kappa shape index (κ2) is 19.7. The van der Waals surface area contributed by atoms with E-state index in [0.717, 1.165) is 32.0 Å². The minimum atomic E-state index is -0.969. The second-order valence-electron chi connectivity index (χ2n) is 12.5. The fourth-order valence-electron chi connectivity index (χ4n) is 6.63. The molecule has 4 nitrogen and oxygen atoms in total. The van der Waals surface area contributed by atoms with Gasteiger partial charge in [-0.15, -0.1) is 0 Å². The van der Waals surface area contributed by atoms with Crippen molar-refractivity contribution < 1.29 is 27.7 Å². The van der Waals surface area contributed by atoms with E-state index in [2.05, 4.69) is 13.8 Å². The highest BCUT2D eigenvalue weighted by atomic mass is 19.2. The summed E-state index contributed by atoms with van der Waals surface area (Å²) in [5.41, 5.74) is 0. The number of rotatable bonds is 14. The minimum absolute atomic E-state index is 0.0205. The predicted octanol–water partition coefficient (Wildman–Crippen LogP) is 10.1. The highest BCUT2D eigenvalue weighted by Gasteiger charge is 2.31. The van der Waals surface area contributed by atoms with Crippen LogP contribution >= 0.6 is 0 Å². The number of hydrogen-bond acceptors (Lipinski definition) is 4. The van der Waals surface area contributed by atoms with Crippen LogP contribution in [0.15, 0.2) is 12.1 Å². The summed E-state index contributed by atoms with van der Waals surface area (Å²) in [7, 11) is 0. The maximum absolute atomic E-state index is 14.2. The maximum Gasteiger partial charge on any atom is 0.204 e. The van der Waals surface area contributed by atoms with Gasteiger partial charge in [0.1, 0.15) is 0 Å². The Kier molecular flexibility index (Phi) is 16.4. The Hall–Kier alpha value is -1.40. The van der Waals surface area contributed by atoms with Gasteiger partial charge < -0.3 is 18.9 Å². The van der Waals surface area contributed by atoms with E-state index in [0.29, 0.717) is 37.3 Å². The minimum Gasteiger partial charge on any atom is -0.491 e. The van der Waals surface area contributed by atoms with Gasteiger partial charge in [-0.05, 0) is 107 Å². The van der Waals surface area contributed by atoms with Crippen LogP contribution < -0.4 is 9.47 Å². The molecule has 0 bridgehead atoms. The van der Waals surface area contributed by atoms with Crippen LogP contribution in [0.3, 0.4) is 0 Å². The molecule has 1 saturated carbocycles. The third-order valence-electron chi connectivity index (χ3n) is 9.28. The molecule has 0 amide bonds. The van der Waals surface area contributed by atoms with Gasteiger partial charge in [-0.2, -0.15) is 8.78 Å². The maximum atomic E-state index is 14.2. The van der Waals surface area contributed by atoms with Crippen LogP contribution in [-0.2, 0) is 9.47 Å². The molecule has 0 N–H and O–H groups in total. The van der Waals surface area contributed by atoms with E-state index in [1.165, 1.54) is 108 Å². The first-order valence-electron chi connectivity index (χ1n) is 17.0. The van der Waals surface area contributed by atoms with Crippen molar-refractivity contribution in [3.8, 4) is 11.5 Å². The average molecular weight is 581 g/mol. The van der Waals surface area contributed by atoms with Crippen molar-refractivity contribution in [3.05, 3.63) is 23.8 Å². The topological polar surface area (TPSA) is 36.9 Å². The van der Waals surface area contributed by atoms with Crippen molar-refractivity contribution >= 4 is 0 Å². The number of unbranched alkanes of at least 4 members (excludes halogenated alkanes) is 4. The molecule has 1 aromatic carbocycles. The second-order valence-corrected chi connectivity index (χ2v) is 12.5. The Bertz CT molecular complexity index is 813. The van der Waals surface area contributed by atoms with Crippen molar-refractivity contribution in [2.45, 2.75) is 142 Å². The molecule has 3 aliphatic rings. The van der Waals surface area contributed by atoms with Gasteiger partial charge in [0.15, 0.2) is 11.5 Å². The Morgan fingerprint density at radius 3 is 1.83 bits per heavy atom. The Labute approximate surface area is 249 Å². The molecule has 3 atom stereocenters. The summed E-state index contributed by atoms with van der Waals surface area (Å²) in [6, 6.07) is 2.90. The van der Waals surface area contributed by atoms with Gasteiger partial charge in [0.05, 0.1) is 32.0 Å². The van der Waals surface area contributed by atoms with E-state index in [9.17, 15) is 8.78 Å². The first-order chi connectivity index (χ1) is 20.0. The van der Waals surface area contributed by atoms with E-state index in [4.69, 9.17) is 18.9 Å². The summed E-state index contributed by atoms with van der Waals surface area (Å²) in [5, 5.41) is 0. The standard InChI is InChI=1S/C25H38F2O3.C10H20O/c1-3-5-6-7-21-13-12-20(17-29-21)19-10-8-18(9-11-19)16-30-23-15-14-22(28-4-2)24(26)25(23)27;1-2-3-4-7-10-8-5-6-9-11-10/h14-15,18-21H,3-13,16-17H2,1-2H3;10H,2-9H2,1H3. The molecule has 2 saturated heterocycles. The summed E-state index contributed by atoms with van der Waals surface area (Å²) in [4.78, 5) is 0. The van der Waals surface area contributed by atoms with Crippen LogP contribution in [0.25, 0.3) is 0 Å². The fourth-order valence-corrected chi connectivity index (χ4v) is 6.63. The molecule has 2 aliphatic heterocycles. The lowest BCUT2D eigenvalue weighted by molar-refractivity contribution is -0.0434. The van der Waals surface area contributed by atoms with Gasteiger partial charge in [-0.3, -0.25) is 0 Å². The lowest BCUT2D eigenvalue weighted by atomic mass is 9.74. The van der Waals surface area contributed by atoms with Gasteiger partial charge in [-0.1, -0.05) is 52.4 Å². The molecule has 4 rings (SSSR count).